The molecule has 0 amide bonds. The molecule has 0 unspecified atom stereocenters. The minimum atomic E-state index is -4.88. The van der Waals surface area contributed by atoms with Gasteiger partial charge in [-0.2, -0.15) is 17.6 Å². The monoisotopic (exact) mass is 265 g/mol. The first-order valence-corrected chi connectivity index (χ1v) is 4.75. The third kappa shape index (κ3) is 2.41. The second-order valence-electron chi connectivity index (χ2n) is 3.15. The van der Waals surface area contributed by atoms with Crippen LogP contribution in [0.4, 0.5) is 17.6 Å². The molecule has 1 aromatic carbocycles. The summed E-state index contributed by atoms with van der Waals surface area (Å²) in [6.45, 7) is 0. The van der Waals surface area contributed by atoms with Gasteiger partial charge in [0.25, 0.3) is 0 Å². The number of benzene rings is 1. The molecule has 0 bridgehead atoms. The van der Waals surface area contributed by atoms with Crippen LogP contribution in [-0.4, -0.2) is 4.98 Å². The lowest BCUT2D eigenvalue weighted by atomic mass is 10.2. The maximum atomic E-state index is 12.9. The van der Waals surface area contributed by atoms with Gasteiger partial charge in [0.1, 0.15) is 0 Å². The van der Waals surface area contributed by atoms with Crippen LogP contribution in [0.15, 0.2) is 28.7 Å². The molecule has 2 nitrogen and oxygen atoms in total. The van der Waals surface area contributed by atoms with Crippen LogP contribution < -0.4 is 0 Å². The van der Waals surface area contributed by atoms with Gasteiger partial charge >= 0.3 is 12.2 Å². The van der Waals surface area contributed by atoms with Crippen LogP contribution in [0.3, 0.4) is 0 Å². The van der Waals surface area contributed by atoms with Crippen molar-refractivity contribution in [3.8, 4) is 11.5 Å². The van der Waals surface area contributed by atoms with Crippen molar-refractivity contribution in [1.82, 2.24) is 4.98 Å². The molecule has 0 N–H and O–H groups in total. The number of oxazole rings is 1. The molecule has 90 valence electrons. The van der Waals surface area contributed by atoms with Gasteiger partial charge in [0, 0.05) is 10.6 Å². The van der Waals surface area contributed by atoms with Crippen LogP contribution in [-0.2, 0) is 6.18 Å². The summed E-state index contributed by atoms with van der Waals surface area (Å²) in [5.41, 5.74) is -1.45. The van der Waals surface area contributed by atoms with Gasteiger partial charge in [-0.1, -0.05) is 11.6 Å². The smallest absolute Gasteiger partial charge is 0.410 e. The Morgan fingerprint density at radius 2 is 1.71 bits per heavy atom. The van der Waals surface area contributed by atoms with E-state index < -0.39 is 23.8 Å². The SMILES string of the molecule is Fc1oc(-c2ccc(Cl)cc2)nc1C(F)(F)F. The highest BCUT2D eigenvalue weighted by atomic mass is 35.5. The van der Waals surface area contributed by atoms with Crippen molar-refractivity contribution in [2.24, 2.45) is 0 Å². The predicted octanol–water partition coefficient (Wildman–Crippen LogP) is 4.15. The Morgan fingerprint density at radius 3 is 2.18 bits per heavy atom. The van der Waals surface area contributed by atoms with E-state index in [2.05, 4.69) is 9.40 Å². The van der Waals surface area contributed by atoms with Gasteiger partial charge in [0.05, 0.1) is 0 Å². The summed E-state index contributed by atoms with van der Waals surface area (Å²) in [6, 6.07) is 3.89. The van der Waals surface area contributed by atoms with Gasteiger partial charge < -0.3 is 4.42 Å². The lowest BCUT2D eigenvalue weighted by molar-refractivity contribution is -0.144. The Labute approximate surface area is 97.8 Å². The molecule has 0 atom stereocenters. The van der Waals surface area contributed by atoms with Gasteiger partial charge in [0.2, 0.25) is 11.6 Å². The molecule has 0 aliphatic heterocycles. The van der Waals surface area contributed by atoms with Crippen molar-refractivity contribution in [1.29, 1.82) is 0 Å². The van der Waals surface area contributed by atoms with Gasteiger partial charge in [-0.05, 0) is 24.3 Å². The fourth-order valence-electron chi connectivity index (χ4n) is 1.19. The fraction of sp³-hybridized carbons (Fsp3) is 0.100. The summed E-state index contributed by atoms with van der Waals surface area (Å²) in [6.07, 6.45) is -4.88. The largest absolute Gasteiger partial charge is 0.439 e. The summed E-state index contributed by atoms with van der Waals surface area (Å²) >= 11 is 5.60. The van der Waals surface area contributed by atoms with Crippen LogP contribution in [0, 0.1) is 6.01 Å². The molecule has 0 saturated carbocycles. The van der Waals surface area contributed by atoms with E-state index in [1.54, 1.807) is 0 Å². The maximum absolute atomic E-state index is 12.9. The van der Waals surface area contributed by atoms with Crippen molar-refractivity contribution < 1.29 is 22.0 Å². The second-order valence-corrected chi connectivity index (χ2v) is 3.58. The molecule has 17 heavy (non-hydrogen) atoms. The number of halogens is 5. The van der Waals surface area contributed by atoms with Crippen LogP contribution in [0.1, 0.15) is 5.69 Å². The highest BCUT2D eigenvalue weighted by Gasteiger charge is 2.39. The van der Waals surface area contributed by atoms with Gasteiger partial charge in [0.15, 0.2) is 0 Å². The maximum Gasteiger partial charge on any atom is 0.439 e. The molecule has 0 spiro atoms. The third-order valence-corrected chi connectivity index (χ3v) is 2.20. The van der Waals surface area contributed by atoms with E-state index in [0.29, 0.717) is 5.02 Å². The number of hydrogen-bond acceptors (Lipinski definition) is 2. The van der Waals surface area contributed by atoms with E-state index in [-0.39, 0.29) is 5.56 Å². The summed E-state index contributed by atoms with van der Waals surface area (Å²) in [5.74, 6) is -0.438. The van der Waals surface area contributed by atoms with E-state index in [0.717, 1.165) is 0 Å². The summed E-state index contributed by atoms with van der Waals surface area (Å²) in [7, 11) is 0. The van der Waals surface area contributed by atoms with E-state index in [1.165, 1.54) is 24.3 Å². The zero-order valence-corrected chi connectivity index (χ0v) is 8.81. The minimum absolute atomic E-state index is 0.212. The second kappa shape index (κ2) is 4.03. The molecule has 0 radical (unpaired) electrons. The molecule has 1 aromatic heterocycles. The average Bonchev–Trinajstić information content (AvgIpc) is 2.61. The Morgan fingerprint density at radius 1 is 1.12 bits per heavy atom. The molecule has 0 fully saturated rings. The molecule has 2 rings (SSSR count). The van der Waals surface area contributed by atoms with Crippen LogP contribution >= 0.6 is 11.6 Å². The zero-order valence-electron chi connectivity index (χ0n) is 8.05. The Kier molecular flexibility index (Phi) is 2.82. The highest BCUT2D eigenvalue weighted by molar-refractivity contribution is 6.30. The van der Waals surface area contributed by atoms with E-state index in [1.807, 2.05) is 0 Å². The zero-order chi connectivity index (χ0) is 12.6. The van der Waals surface area contributed by atoms with Crippen LogP contribution in [0.25, 0.3) is 11.5 Å². The predicted molar refractivity (Wildman–Crippen MR) is 51.9 cm³/mol. The lowest BCUT2D eigenvalue weighted by Crippen LogP contribution is -2.07. The summed E-state index contributed by atoms with van der Waals surface area (Å²) in [4.78, 5) is 3.07. The Bertz CT molecular complexity index is 532. The first-order valence-electron chi connectivity index (χ1n) is 4.37. The Balaban J connectivity index is 2.45. The standard InChI is InChI=1S/C10H4ClF4NO/c11-6-3-1-5(2-4-6)9-16-7(8(12)17-9)10(13,14)15/h1-4H. The van der Waals surface area contributed by atoms with Crippen molar-refractivity contribution in [3.63, 3.8) is 0 Å². The molecule has 1 heterocycles. The number of aromatic nitrogens is 1. The normalized spacial score (nSPS) is 11.8. The van der Waals surface area contributed by atoms with E-state index >= 15 is 0 Å². The molecule has 0 aliphatic carbocycles. The van der Waals surface area contributed by atoms with Crippen LogP contribution in [0.2, 0.25) is 5.02 Å². The molecular weight excluding hydrogens is 262 g/mol. The quantitative estimate of drug-likeness (QED) is 0.724. The summed E-state index contributed by atoms with van der Waals surface area (Å²) in [5, 5.41) is 0.400. The van der Waals surface area contributed by atoms with Crippen molar-refractivity contribution >= 4 is 11.6 Å². The third-order valence-electron chi connectivity index (χ3n) is 1.95. The Hall–Kier alpha value is -1.56. The number of nitrogens with zero attached hydrogens (tertiary/aromatic N) is 1. The fourth-order valence-corrected chi connectivity index (χ4v) is 1.32. The summed E-state index contributed by atoms with van der Waals surface area (Å²) < 4.78 is 54.0. The first-order chi connectivity index (χ1) is 7.88. The molecule has 7 heteroatoms. The van der Waals surface area contributed by atoms with Crippen molar-refractivity contribution in [3.05, 3.63) is 41.0 Å². The van der Waals surface area contributed by atoms with Crippen LogP contribution in [0.5, 0.6) is 0 Å². The molecule has 0 saturated heterocycles. The number of rotatable bonds is 1. The van der Waals surface area contributed by atoms with Crippen molar-refractivity contribution in [2.75, 3.05) is 0 Å². The van der Waals surface area contributed by atoms with Crippen molar-refractivity contribution in [2.45, 2.75) is 6.18 Å². The van der Waals surface area contributed by atoms with Gasteiger partial charge in [-0.25, -0.2) is 4.98 Å². The van der Waals surface area contributed by atoms with Gasteiger partial charge in [-0.3, -0.25) is 0 Å². The molecule has 2 aromatic rings. The molecule has 0 aliphatic rings. The number of hydrogen-bond donors (Lipinski definition) is 0. The number of alkyl halides is 3. The average molecular weight is 266 g/mol. The highest BCUT2D eigenvalue weighted by Crippen LogP contribution is 2.33. The molecular formula is C10H4ClF4NO. The van der Waals surface area contributed by atoms with E-state index in [4.69, 9.17) is 11.6 Å². The first kappa shape index (κ1) is 11.9. The topological polar surface area (TPSA) is 26.0 Å². The lowest BCUT2D eigenvalue weighted by Gasteiger charge is -1.98. The van der Waals surface area contributed by atoms with E-state index in [9.17, 15) is 17.6 Å². The minimum Gasteiger partial charge on any atom is -0.410 e. The van der Waals surface area contributed by atoms with Gasteiger partial charge in [-0.15, -0.1) is 0 Å².